The van der Waals surface area contributed by atoms with Crippen LogP contribution in [0, 0.1) is 0 Å². The first-order valence-electron chi connectivity index (χ1n) is 5.84. The second-order valence-corrected chi connectivity index (χ2v) is 3.85. The molecule has 0 saturated carbocycles. The zero-order valence-corrected chi connectivity index (χ0v) is 10.2. The van der Waals surface area contributed by atoms with Crippen LogP contribution in [-0.4, -0.2) is 19.6 Å². The summed E-state index contributed by atoms with van der Waals surface area (Å²) in [5.41, 5.74) is 8.34. The Morgan fingerprint density at radius 1 is 1.19 bits per heavy atom. The van der Waals surface area contributed by atoms with E-state index in [9.17, 15) is 0 Å². The van der Waals surface area contributed by atoms with Crippen molar-refractivity contribution in [2.45, 2.75) is 13.8 Å². The molecule has 0 amide bonds. The summed E-state index contributed by atoms with van der Waals surface area (Å²) in [5.74, 6) is 0. The van der Waals surface area contributed by atoms with Crippen molar-refractivity contribution in [3.05, 3.63) is 42.6 Å². The first-order chi connectivity index (χ1) is 7.76. The lowest BCUT2D eigenvalue weighted by Crippen LogP contribution is -3.11. The topological polar surface area (TPSA) is 28.5 Å². The molecule has 0 heterocycles. The highest BCUT2D eigenvalue weighted by atomic mass is 15.4. The number of quaternary nitrogens is 1. The van der Waals surface area contributed by atoms with Crippen molar-refractivity contribution in [3.63, 3.8) is 0 Å². The first-order valence-corrected chi connectivity index (χ1v) is 5.84. The number of hydrazine groups is 1. The van der Waals surface area contributed by atoms with E-state index < -0.39 is 0 Å². The van der Waals surface area contributed by atoms with Crippen LogP contribution in [0.5, 0.6) is 0 Å². The summed E-state index contributed by atoms with van der Waals surface area (Å²) in [5, 5.41) is 0. The molecule has 0 saturated heterocycles. The minimum absolute atomic E-state index is 0.951. The minimum atomic E-state index is 0.951. The molecule has 1 aromatic rings. The normalized spacial score (nSPS) is 10.2. The van der Waals surface area contributed by atoms with Gasteiger partial charge in [-0.3, -0.25) is 5.43 Å². The SMILES string of the molecule is C=C(C[NH+](CC)CC)NNc1ccccc1. The van der Waals surface area contributed by atoms with Gasteiger partial charge in [-0.1, -0.05) is 24.8 Å². The second-order valence-electron chi connectivity index (χ2n) is 3.85. The molecule has 0 bridgehead atoms. The van der Waals surface area contributed by atoms with Gasteiger partial charge in [0.1, 0.15) is 6.54 Å². The molecule has 0 spiro atoms. The van der Waals surface area contributed by atoms with Gasteiger partial charge in [0, 0.05) is 0 Å². The van der Waals surface area contributed by atoms with Crippen LogP contribution in [0.1, 0.15) is 13.8 Å². The Morgan fingerprint density at radius 2 is 1.81 bits per heavy atom. The molecule has 0 atom stereocenters. The lowest BCUT2D eigenvalue weighted by atomic mass is 10.3. The molecule has 0 aliphatic carbocycles. The summed E-state index contributed by atoms with van der Waals surface area (Å²) >= 11 is 0. The van der Waals surface area contributed by atoms with E-state index in [4.69, 9.17) is 0 Å². The maximum Gasteiger partial charge on any atom is 0.119 e. The number of para-hydroxylation sites is 1. The van der Waals surface area contributed by atoms with Gasteiger partial charge in [0.05, 0.1) is 24.5 Å². The molecular weight excluding hydrogens is 198 g/mol. The van der Waals surface area contributed by atoms with E-state index in [1.165, 1.54) is 4.90 Å². The second kappa shape index (κ2) is 6.90. The van der Waals surface area contributed by atoms with Gasteiger partial charge in [-0.05, 0) is 26.0 Å². The van der Waals surface area contributed by atoms with Crippen molar-refractivity contribution in [1.82, 2.24) is 5.43 Å². The minimum Gasteiger partial charge on any atom is -0.330 e. The fraction of sp³-hybridized carbons (Fsp3) is 0.385. The number of hydrogen-bond acceptors (Lipinski definition) is 2. The first kappa shape index (κ1) is 12.6. The van der Waals surface area contributed by atoms with Crippen LogP contribution in [0.3, 0.4) is 0 Å². The van der Waals surface area contributed by atoms with Gasteiger partial charge in [-0.2, -0.15) is 0 Å². The molecule has 3 heteroatoms. The molecule has 0 aromatic heterocycles. The van der Waals surface area contributed by atoms with Crippen molar-refractivity contribution >= 4 is 5.69 Å². The monoisotopic (exact) mass is 220 g/mol. The highest BCUT2D eigenvalue weighted by Crippen LogP contribution is 2.02. The van der Waals surface area contributed by atoms with E-state index in [1.807, 2.05) is 30.3 Å². The zero-order chi connectivity index (χ0) is 11.8. The van der Waals surface area contributed by atoms with Crippen LogP contribution in [0.25, 0.3) is 0 Å². The maximum atomic E-state index is 4.01. The van der Waals surface area contributed by atoms with E-state index >= 15 is 0 Å². The predicted octanol–water partition coefficient (Wildman–Crippen LogP) is 1.04. The third-order valence-electron chi connectivity index (χ3n) is 2.62. The molecule has 0 fully saturated rings. The molecule has 0 unspecified atom stereocenters. The number of nitrogens with one attached hydrogen (secondary N) is 3. The molecule has 88 valence electrons. The van der Waals surface area contributed by atoms with E-state index in [1.54, 1.807) is 0 Å². The van der Waals surface area contributed by atoms with E-state index in [2.05, 4.69) is 31.3 Å². The van der Waals surface area contributed by atoms with E-state index in [-0.39, 0.29) is 0 Å². The quantitative estimate of drug-likeness (QED) is 0.599. The largest absolute Gasteiger partial charge is 0.330 e. The molecule has 0 aliphatic heterocycles. The standard InChI is InChI=1S/C13H21N3/c1-4-16(5-2)11-12(3)14-15-13-9-7-6-8-10-13/h6-10,14-15H,3-5,11H2,1-2H3/p+1. The average molecular weight is 220 g/mol. The predicted molar refractivity (Wildman–Crippen MR) is 69.3 cm³/mol. The Hall–Kier alpha value is -1.48. The summed E-state index contributed by atoms with van der Waals surface area (Å²) in [6.45, 7) is 11.6. The van der Waals surface area contributed by atoms with Crippen LogP contribution in [0.15, 0.2) is 42.6 Å². The fourth-order valence-electron chi connectivity index (χ4n) is 1.53. The summed E-state index contributed by atoms with van der Waals surface area (Å²) in [6.07, 6.45) is 0. The third-order valence-corrected chi connectivity index (χ3v) is 2.62. The van der Waals surface area contributed by atoms with Gasteiger partial charge in [-0.15, -0.1) is 0 Å². The molecule has 0 radical (unpaired) electrons. The lowest BCUT2D eigenvalue weighted by Gasteiger charge is -2.18. The van der Waals surface area contributed by atoms with Crippen LogP contribution >= 0.6 is 0 Å². The van der Waals surface area contributed by atoms with E-state index in [0.29, 0.717) is 0 Å². The van der Waals surface area contributed by atoms with Crippen molar-refractivity contribution < 1.29 is 4.90 Å². The highest BCUT2D eigenvalue weighted by Gasteiger charge is 2.04. The Balaban J connectivity index is 2.30. The fourth-order valence-corrected chi connectivity index (χ4v) is 1.53. The number of anilines is 1. The summed E-state index contributed by atoms with van der Waals surface area (Å²) < 4.78 is 0. The van der Waals surface area contributed by atoms with Gasteiger partial charge in [-0.25, -0.2) is 0 Å². The van der Waals surface area contributed by atoms with Gasteiger partial charge in [0.15, 0.2) is 0 Å². The summed E-state index contributed by atoms with van der Waals surface area (Å²) in [7, 11) is 0. The molecule has 0 aliphatic rings. The molecule has 1 rings (SSSR count). The number of benzene rings is 1. The van der Waals surface area contributed by atoms with Crippen LogP contribution in [0.2, 0.25) is 0 Å². The van der Waals surface area contributed by atoms with Gasteiger partial charge in [0.25, 0.3) is 0 Å². The van der Waals surface area contributed by atoms with Crippen LogP contribution in [0.4, 0.5) is 5.69 Å². The van der Waals surface area contributed by atoms with Crippen molar-refractivity contribution in [3.8, 4) is 0 Å². The van der Waals surface area contributed by atoms with Gasteiger partial charge >= 0.3 is 0 Å². The smallest absolute Gasteiger partial charge is 0.119 e. The van der Waals surface area contributed by atoms with Gasteiger partial charge < -0.3 is 10.3 Å². The number of likely N-dealkylation sites (N-methyl/N-ethyl adjacent to an activating group) is 1. The van der Waals surface area contributed by atoms with Crippen LogP contribution in [-0.2, 0) is 0 Å². The summed E-state index contributed by atoms with van der Waals surface area (Å²) in [4.78, 5) is 1.52. The molecule has 16 heavy (non-hydrogen) atoms. The van der Waals surface area contributed by atoms with Gasteiger partial charge in [0.2, 0.25) is 0 Å². The number of hydrogen-bond donors (Lipinski definition) is 3. The summed E-state index contributed by atoms with van der Waals surface area (Å²) in [6, 6.07) is 10.0. The Bertz CT molecular complexity index is 304. The van der Waals surface area contributed by atoms with E-state index in [0.717, 1.165) is 31.0 Å². The Labute approximate surface area is 98.1 Å². The maximum absolute atomic E-state index is 4.01. The lowest BCUT2D eigenvalue weighted by molar-refractivity contribution is -0.891. The number of rotatable bonds is 7. The Morgan fingerprint density at radius 3 is 2.38 bits per heavy atom. The third kappa shape index (κ3) is 4.36. The van der Waals surface area contributed by atoms with Crippen molar-refractivity contribution in [2.75, 3.05) is 25.1 Å². The molecular formula is C13H22N3+. The van der Waals surface area contributed by atoms with Crippen molar-refractivity contribution in [2.24, 2.45) is 0 Å². The zero-order valence-electron chi connectivity index (χ0n) is 10.2. The average Bonchev–Trinajstić information content (AvgIpc) is 2.34. The molecule has 3 N–H and O–H groups in total. The molecule has 3 nitrogen and oxygen atoms in total. The van der Waals surface area contributed by atoms with Crippen LogP contribution < -0.4 is 15.8 Å². The Kier molecular flexibility index (Phi) is 5.43. The highest BCUT2D eigenvalue weighted by molar-refractivity contribution is 5.41. The van der Waals surface area contributed by atoms with Crippen molar-refractivity contribution in [1.29, 1.82) is 0 Å². The molecule has 1 aromatic carbocycles.